The Morgan fingerprint density at radius 3 is 2.30 bits per heavy atom. The summed E-state index contributed by atoms with van der Waals surface area (Å²) in [5.41, 5.74) is 3.29. The summed E-state index contributed by atoms with van der Waals surface area (Å²) in [5, 5.41) is 0. The summed E-state index contributed by atoms with van der Waals surface area (Å²) >= 11 is 0. The van der Waals surface area contributed by atoms with Crippen LogP contribution in [0, 0.1) is 0 Å². The van der Waals surface area contributed by atoms with Crippen molar-refractivity contribution in [2.75, 3.05) is 7.11 Å². The minimum Gasteiger partial charge on any atom is -0.494 e. The van der Waals surface area contributed by atoms with Gasteiger partial charge in [-0.25, -0.2) is 0 Å². The minimum absolute atomic E-state index is 0.100. The number of benzene rings is 2. The number of rotatable bonds is 3. The molecule has 0 saturated carbocycles. The van der Waals surface area contributed by atoms with Gasteiger partial charge in [0.25, 0.3) is 0 Å². The zero-order valence-corrected chi connectivity index (χ0v) is 12.6. The Labute approximate surface area is 121 Å². The normalized spacial score (nSPS) is 11.8. The fourth-order valence-corrected chi connectivity index (χ4v) is 1.94. The van der Waals surface area contributed by atoms with Crippen LogP contribution >= 0.6 is 0 Å². The molecule has 2 nitrogen and oxygen atoms in total. The van der Waals surface area contributed by atoms with E-state index in [1.54, 1.807) is 7.11 Å². The molecule has 2 aromatic carbocycles. The lowest BCUT2D eigenvalue weighted by Crippen LogP contribution is -2.10. The van der Waals surface area contributed by atoms with Gasteiger partial charge in [-0.15, -0.1) is 0 Å². The summed E-state index contributed by atoms with van der Waals surface area (Å²) in [6.07, 6.45) is 1.87. The van der Waals surface area contributed by atoms with E-state index in [9.17, 15) is 0 Å². The number of hydrogen-bond donors (Lipinski definition) is 0. The van der Waals surface area contributed by atoms with Gasteiger partial charge in [-0.1, -0.05) is 57.2 Å². The Morgan fingerprint density at radius 1 is 1.00 bits per heavy atom. The molecule has 0 aliphatic heterocycles. The third kappa shape index (κ3) is 3.47. The Morgan fingerprint density at radius 2 is 1.70 bits per heavy atom. The molecule has 0 amide bonds. The zero-order chi connectivity index (χ0) is 14.6. The quantitative estimate of drug-likeness (QED) is 0.736. The fourth-order valence-electron chi connectivity index (χ4n) is 1.94. The van der Waals surface area contributed by atoms with Gasteiger partial charge in [-0.3, -0.25) is 4.99 Å². The molecular formula is C18H21NO. The van der Waals surface area contributed by atoms with Crippen LogP contribution < -0.4 is 4.74 Å². The van der Waals surface area contributed by atoms with E-state index >= 15 is 0 Å². The molecule has 2 heteroatoms. The Bertz CT molecular complexity index is 595. The lowest BCUT2D eigenvalue weighted by atomic mass is 9.87. The van der Waals surface area contributed by atoms with E-state index in [1.807, 2.05) is 42.6 Å². The SMILES string of the molecule is COc1ccc(C(C)(C)C)cc1N=Cc1ccccc1. The first-order valence-electron chi connectivity index (χ1n) is 6.78. The van der Waals surface area contributed by atoms with Gasteiger partial charge < -0.3 is 4.74 Å². The highest BCUT2D eigenvalue weighted by Crippen LogP contribution is 2.33. The molecule has 0 heterocycles. The molecule has 0 bridgehead atoms. The summed E-state index contributed by atoms with van der Waals surface area (Å²) in [6.45, 7) is 6.58. The first kappa shape index (κ1) is 14.3. The van der Waals surface area contributed by atoms with Gasteiger partial charge in [0.1, 0.15) is 11.4 Å². The number of methoxy groups -OCH3 is 1. The van der Waals surface area contributed by atoms with Crippen LogP contribution in [0.2, 0.25) is 0 Å². The molecule has 0 aromatic heterocycles. The standard InChI is InChI=1S/C18H21NO/c1-18(2,3)15-10-11-17(20-4)16(12-15)19-13-14-8-6-5-7-9-14/h5-13H,1-4H3. The number of ether oxygens (including phenoxy) is 1. The lowest BCUT2D eigenvalue weighted by Gasteiger charge is -2.20. The van der Waals surface area contributed by atoms with Crippen LogP contribution in [0.4, 0.5) is 5.69 Å². The average Bonchev–Trinajstić information content (AvgIpc) is 2.45. The van der Waals surface area contributed by atoms with Gasteiger partial charge in [-0.2, -0.15) is 0 Å². The average molecular weight is 267 g/mol. The molecule has 20 heavy (non-hydrogen) atoms. The molecular weight excluding hydrogens is 246 g/mol. The molecule has 0 fully saturated rings. The van der Waals surface area contributed by atoms with Gasteiger partial charge in [0.05, 0.1) is 7.11 Å². The Kier molecular flexibility index (Phi) is 4.23. The predicted molar refractivity (Wildman–Crippen MR) is 85.4 cm³/mol. The first-order valence-corrected chi connectivity index (χ1v) is 6.78. The molecule has 2 aromatic rings. The van der Waals surface area contributed by atoms with Crippen molar-refractivity contribution in [2.45, 2.75) is 26.2 Å². The van der Waals surface area contributed by atoms with Crippen molar-refractivity contribution in [2.24, 2.45) is 4.99 Å². The first-order chi connectivity index (χ1) is 9.50. The minimum atomic E-state index is 0.100. The van der Waals surface area contributed by atoms with E-state index in [0.29, 0.717) is 0 Å². The topological polar surface area (TPSA) is 21.6 Å². The molecule has 0 radical (unpaired) electrons. The second kappa shape index (κ2) is 5.91. The summed E-state index contributed by atoms with van der Waals surface area (Å²) in [7, 11) is 1.67. The molecule has 0 unspecified atom stereocenters. The van der Waals surface area contributed by atoms with E-state index in [-0.39, 0.29) is 5.41 Å². The third-order valence-electron chi connectivity index (χ3n) is 3.20. The van der Waals surface area contributed by atoms with Gasteiger partial charge >= 0.3 is 0 Å². The smallest absolute Gasteiger partial charge is 0.144 e. The van der Waals surface area contributed by atoms with E-state index < -0.39 is 0 Å². The van der Waals surface area contributed by atoms with E-state index in [4.69, 9.17) is 4.74 Å². The monoisotopic (exact) mass is 267 g/mol. The molecule has 0 spiro atoms. The van der Waals surface area contributed by atoms with E-state index in [2.05, 4.69) is 37.9 Å². The maximum atomic E-state index is 5.39. The van der Waals surface area contributed by atoms with Gasteiger partial charge in [0.2, 0.25) is 0 Å². The molecule has 0 saturated heterocycles. The van der Waals surface area contributed by atoms with Gasteiger partial charge in [0.15, 0.2) is 0 Å². The van der Waals surface area contributed by atoms with E-state index in [1.165, 1.54) is 5.56 Å². The second-order valence-corrected chi connectivity index (χ2v) is 5.81. The molecule has 104 valence electrons. The maximum absolute atomic E-state index is 5.39. The molecule has 0 aliphatic rings. The lowest BCUT2D eigenvalue weighted by molar-refractivity contribution is 0.415. The highest BCUT2D eigenvalue weighted by atomic mass is 16.5. The van der Waals surface area contributed by atoms with Crippen LogP contribution in [0.1, 0.15) is 31.9 Å². The largest absolute Gasteiger partial charge is 0.494 e. The van der Waals surface area contributed by atoms with Crippen LogP contribution in [0.3, 0.4) is 0 Å². The Hall–Kier alpha value is -2.09. The number of nitrogens with zero attached hydrogens (tertiary/aromatic N) is 1. The highest BCUT2D eigenvalue weighted by Gasteiger charge is 2.15. The summed E-state index contributed by atoms with van der Waals surface area (Å²) in [4.78, 5) is 4.57. The van der Waals surface area contributed by atoms with Crippen LogP contribution in [-0.2, 0) is 5.41 Å². The molecule has 0 atom stereocenters. The van der Waals surface area contributed by atoms with Crippen molar-refractivity contribution in [3.63, 3.8) is 0 Å². The van der Waals surface area contributed by atoms with Crippen LogP contribution in [0.15, 0.2) is 53.5 Å². The zero-order valence-electron chi connectivity index (χ0n) is 12.6. The van der Waals surface area contributed by atoms with Crippen LogP contribution in [-0.4, -0.2) is 13.3 Å². The van der Waals surface area contributed by atoms with Crippen molar-refractivity contribution in [1.29, 1.82) is 0 Å². The summed E-state index contributed by atoms with van der Waals surface area (Å²) in [5.74, 6) is 0.796. The second-order valence-electron chi connectivity index (χ2n) is 5.81. The predicted octanol–water partition coefficient (Wildman–Crippen LogP) is 4.74. The van der Waals surface area contributed by atoms with Crippen LogP contribution in [0.25, 0.3) is 0 Å². The summed E-state index contributed by atoms with van der Waals surface area (Å²) < 4.78 is 5.39. The fraction of sp³-hybridized carbons (Fsp3) is 0.278. The highest BCUT2D eigenvalue weighted by molar-refractivity contribution is 5.82. The molecule has 0 N–H and O–H groups in total. The Balaban J connectivity index is 2.36. The van der Waals surface area contributed by atoms with Crippen molar-refractivity contribution in [3.8, 4) is 5.75 Å². The number of aliphatic imine (C=N–C) groups is 1. The number of hydrogen-bond acceptors (Lipinski definition) is 2. The van der Waals surface area contributed by atoms with Crippen molar-refractivity contribution in [1.82, 2.24) is 0 Å². The third-order valence-corrected chi connectivity index (χ3v) is 3.20. The molecule has 2 rings (SSSR count). The van der Waals surface area contributed by atoms with Gasteiger partial charge in [0, 0.05) is 6.21 Å². The summed E-state index contributed by atoms with van der Waals surface area (Å²) in [6, 6.07) is 16.2. The van der Waals surface area contributed by atoms with Crippen molar-refractivity contribution >= 4 is 11.9 Å². The van der Waals surface area contributed by atoms with Gasteiger partial charge in [-0.05, 0) is 28.7 Å². The van der Waals surface area contributed by atoms with Crippen LogP contribution in [0.5, 0.6) is 5.75 Å². The maximum Gasteiger partial charge on any atom is 0.144 e. The van der Waals surface area contributed by atoms with E-state index in [0.717, 1.165) is 17.0 Å². The van der Waals surface area contributed by atoms with Crippen molar-refractivity contribution < 1.29 is 4.74 Å². The molecule has 0 aliphatic carbocycles. The van der Waals surface area contributed by atoms with Crippen molar-refractivity contribution in [3.05, 3.63) is 59.7 Å².